The van der Waals surface area contributed by atoms with Gasteiger partial charge in [0.25, 0.3) is 5.91 Å². The summed E-state index contributed by atoms with van der Waals surface area (Å²) in [5.74, 6) is -0.142. The van der Waals surface area contributed by atoms with Crippen LogP contribution in [0.15, 0.2) is 22.7 Å². The Morgan fingerprint density at radius 1 is 1.56 bits per heavy atom. The van der Waals surface area contributed by atoms with Crippen molar-refractivity contribution in [3.63, 3.8) is 0 Å². The number of benzene rings is 1. The minimum Gasteiger partial charge on any atom is -0.351 e. The zero-order chi connectivity index (χ0) is 12.1. The Kier molecular flexibility index (Phi) is 5.59. The molecule has 1 rings (SSSR count). The molecule has 5 heteroatoms. The summed E-state index contributed by atoms with van der Waals surface area (Å²) in [5.41, 5.74) is 0.566. The summed E-state index contributed by atoms with van der Waals surface area (Å²) in [6.07, 6.45) is 0.826. The van der Waals surface area contributed by atoms with Gasteiger partial charge in [-0.25, -0.2) is 0 Å². The lowest BCUT2D eigenvalue weighted by Gasteiger charge is -2.09. The van der Waals surface area contributed by atoms with Crippen LogP contribution in [0.25, 0.3) is 0 Å². The first-order valence-electron chi connectivity index (χ1n) is 4.92. The average Bonchev–Trinajstić information content (AvgIpc) is 2.29. The SMILES string of the molecule is CCC(Cl)CNC(=O)c1ccc(Cl)c(Br)c1. The predicted molar refractivity (Wildman–Crippen MR) is 71.4 cm³/mol. The fraction of sp³-hybridized carbons (Fsp3) is 0.364. The molecule has 0 radical (unpaired) electrons. The van der Waals surface area contributed by atoms with Gasteiger partial charge in [-0.15, -0.1) is 11.6 Å². The van der Waals surface area contributed by atoms with E-state index in [1.807, 2.05) is 6.92 Å². The van der Waals surface area contributed by atoms with Crippen LogP contribution >= 0.6 is 39.1 Å². The molecule has 1 unspecified atom stereocenters. The number of hydrogen-bond acceptors (Lipinski definition) is 1. The lowest BCUT2D eigenvalue weighted by atomic mass is 10.2. The summed E-state index contributed by atoms with van der Waals surface area (Å²) in [5, 5.41) is 3.32. The van der Waals surface area contributed by atoms with E-state index in [0.717, 1.165) is 6.42 Å². The van der Waals surface area contributed by atoms with Crippen LogP contribution in [0.4, 0.5) is 0 Å². The second kappa shape index (κ2) is 6.48. The zero-order valence-electron chi connectivity index (χ0n) is 8.77. The van der Waals surface area contributed by atoms with Gasteiger partial charge in [0.05, 0.1) is 10.4 Å². The van der Waals surface area contributed by atoms with Crippen LogP contribution in [0.3, 0.4) is 0 Å². The van der Waals surface area contributed by atoms with Crippen LogP contribution in [0.1, 0.15) is 23.7 Å². The molecule has 0 saturated heterocycles. The molecule has 1 amide bonds. The quantitative estimate of drug-likeness (QED) is 0.837. The molecule has 1 atom stereocenters. The molecular weight excluding hydrogens is 313 g/mol. The molecule has 1 aromatic rings. The van der Waals surface area contributed by atoms with Gasteiger partial charge in [-0.2, -0.15) is 0 Å². The maximum Gasteiger partial charge on any atom is 0.251 e. The van der Waals surface area contributed by atoms with E-state index in [2.05, 4.69) is 21.2 Å². The molecule has 0 aliphatic carbocycles. The number of carbonyl (C=O) groups excluding carboxylic acids is 1. The number of alkyl halides is 1. The third kappa shape index (κ3) is 3.96. The highest BCUT2D eigenvalue weighted by atomic mass is 79.9. The van der Waals surface area contributed by atoms with E-state index in [9.17, 15) is 4.79 Å². The molecule has 0 saturated carbocycles. The molecule has 0 aromatic heterocycles. The second-order valence-corrected chi connectivity index (χ2v) is 5.22. The van der Waals surface area contributed by atoms with E-state index in [4.69, 9.17) is 23.2 Å². The predicted octanol–water partition coefficient (Wildman–Crippen LogP) is 3.85. The van der Waals surface area contributed by atoms with Crippen molar-refractivity contribution >= 4 is 45.0 Å². The van der Waals surface area contributed by atoms with E-state index in [1.165, 1.54) is 0 Å². The van der Waals surface area contributed by atoms with E-state index in [-0.39, 0.29) is 11.3 Å². The van der Waals surface area contributed by atoms with Gasteiger partial charge < -0.3 is 5.32 Å². The van der Waals surface area contributed by atoms with Crippen LogP contribution < -0.4 is 5.32 Å². The van der Waals surface area contributed by atoms with E-state index in [0.29, 0.717) is 21.6 Å². The number of hydrogen-bond donors (Lipinski definition) is 1. The molecule has 88 valence electrons. The standard InChI is InChI=1S/C11H12BrCl2NO/c1-2-8(13)6-15-11(16)7-3-4-10(14)9(12)5-7/h3-5,8H,2,6H2,1H3,(H,15,16). The highest BCUT2D eigenvalue weighted by Crippen LogP contribution is 2.23. The van der Waals surface area contributed by atoms with Gasteiger partial charge in [0.2, 0.25) is 0 Å². The topological polar surface area (TPSA) is 29.1 Å². The van der Waals surface area contributed by atoms with Crippen LogP contribution in [0.5, 0.6) is 0 Å². The summed E-state index contributed by atoms with van der Waals surface area (Å²) in [7, 11) is 0. The monoisotopic (exact) mass is 323 g/mol. The summed E-state index contributed by atoms with van der Waals surface area (Å²) in [6, 6.07) is 5.04. The second-order valence-electron chi connectivity index (χ2n) is 3.34. The lowest BCUT2D eigenvalue weighted by molar-refractivity contribution is 0.0953. The fourth-order valence-corrected chi connectivity index (χ4v) is 1.66. The summed E-state index contributed by atoms with van der Waals surface area (Å²) in [6.45, 7) is 2.44. The Hall–Kier alpha value is -0.250. The van der Waals surface area contributed by atoms with Gasteiger partial charge in [-0.05, 0) is 40.5 Å². The van der Waals surface area contributed by atoms with Crippen LogP contribution in [0, 0.1) is 0 Å². The van der Waals surface area contributed by atoms with Crippen molar-refractivity contribution in [3.8, 4) is 0 Å². The number of rotatable bonds is 4. The number of nitrogens with one attached hydrogen (secondary N) is 1. The van der Waals surface area contributed by atoms with Gasteiger partial charge in [-0.1, -0.05) is 18.5 Å². The van der Waals surface area contributed by atoms with Crippen molar-refractivity contribution in [2.24, 2.45) is 0 Å². The highest BCUT2D eigenvalue weighted by molar-refractivity contribution is 9.10. The van der Waals surface area contributed by atoms with E-state index < -0.39 is 0 Å². The summed E-state index contributed by atoms with van der Waals surface area (Å²) < 4.78 is 0.708. The number of amides is 1. The van der Waals surface area contributed by atoms with Gasteiger partial charge in [0.1, 0.15) is 0 Å². The molecule has 1 N–H and O–H groups in total. The van der Waals surface area contributed by atoms with Gasteiger partial charge in [-0.3, -0.25) is 4.79 Å². The van der Waals surface area contributed by atoms with Crippen molar-refractivity contribution < 1.29 is 4.79 Å². The van der Waals surface area contributed by atoms with Crippen LogP contribution in [-0.4, -0.2) is 17.8 Å². The average molecular weight is 325 g/mol. The third-order valence-corrected chi connectivity index (χ3v) is 3.79. The molecule has 1 aromatic carbocycles. The van der Waals surface area contributed by atoms with Crippen LogP contribution in [-0.2, 0) is 0 Å². The molecule has 0 fully saturated rings. The zero-order valence-corrected chi connectivity index (χ0v) is 11.9. The molecule has 0 aliphatic heterocycles. The first-order chi connectivity index (χ1) is 7.54. The van der Waals surface area contributed by atoms with E-state index in [1.54, 1.807) is 18.2 Å². The van der Waals surface area contributed by atoms with Crippen molar-refractivity contribution in [2.75, 3.05) is 6.54 Å². The fourth-order valence-electron chi connectivity index (χ4n) is 1.09. The molecule has 2 nitrogen and oxygen atoms in total. The lowest BCUT2D eigenvalue weighted by Crippen LogP contribution is -2.29. The Bertz CT molecular complexity index is 384. The minimum absolute atomic E-state index is 0.0281. The van der Waals surface area contributed by atoms with Crippen molar-refractivity contribution in [2.45, 2.75) is 18.7 Å². The highest BCUT2D eigenvalue weighted by Gasteiger charge is 2.09. The molecule has 0 aliphatic rings. The Morgan fingerprint density at radius 2 is 2.25 bits per heavy atom. The Morgan fingerprint density at radius 3 is 2.81 bits per heavy atom. The molecule has 0 spiro atoms. The summed E-state index contributed by atoms with van der Waals surface area (Å²) in [4.78, 5) is 11.7. The maximum absolute atomic E-state index is 11.7. The first kappa shape index (κ1) is 13.8. The van der Waals surface area contributed by atoms with E-state index >= 15 is 0 Å². The molecular formula is C11H12BrCl2NO. The van der Waals surface area contributed by atoms with Crippen LogP contribution in [0.2, 0.25) is 5.02 Å². The third-order valence-electron chi connectivity index (χ3n) is 2.11. The molecule has 0 heterocycles. The maximum atomic E-state index is 11.7. The van der Waals surface area contributed by atoms with Gasteiger partial charge in [0.15, 0.2) is 0 Å². The summed E-state index contributed by atoms with van der Waals surface area (Å²) >= 11 is 15.0. The van der Waals surface area contributed by atoms with Gasteiger partial charge in [0, 0.05) is 16.6 Å². The minimum atomic E-state index is -0.142. The van der Waals surface area contributed by atoms with Gasteiger partial charge >= 0.3 is 0 Å². The number of halogens is 3. The first-order valence-corrected chi connectivity index (χ1v) is 6.52. The number of carbonyl (C=O) groups is 1. The molecule has 0 bridgehead atoms. The van der Waals surface area contributed by atoms with Crippen molar-refractivity contribution in [1.82, 2.24) is 5.32 Å². The Balaban J connectivity index is 2.63. The molecule has 16 heavy (non-hydrogen) atoms. The smallest absolute Gasteiger partial charge is 0.251 e. The Labute approximate surface area is 113 Å². The largest absolute Gasteiger partial charge is 0.351 e. The van der Waals surface area contributed by atoms with Crippen molar-refractivity contribution in [3.05, 3.63) is 33.3 Å². The van der Waals surface area contributed by atoms with Crippen molar-refractivity contribution in [1.29, 1.82) is 0 Å². The normalized spacial score (nSPS) is 12.2.